The fourth-order valence-electron chi connectivity index (χ4n) is 1.43. The Morgan fingerprint density at radius 2 is 2.00 bits per heavy atom. The van der Waals surface area contributed by atoms with Crippen molar-refractivity contribution in [3.63, 3.8) is 0 Å². The first kappa shape index (κ1) is 17.4. The van der Waals surface area contributed by atoms with Crippen LogP contribution in [0.5, 0.6) is 0 Å². The minimum atomic E-state index is -0.00341. The first-order chi connectivity index (χ1) is 9.76. The van der Waals surface area contributed by atoms with Crippen molar-refractivity contribution in [1.82, 2.24) is 20.8 Å². The maximum absolute atomic E-state index is 11.5. The Bertz CT molecular complexity index is 437. The van der Waals surface area contributed by atoms with Crippen LogP contribution in [0.4, 0.5) is 6.01 Å². The van der Waals surface area contributed by atoms with Crippen LogP contribution < -0.4 is 16.0 Å². The van der Waals surface area contributed by atoms with E-state index in [1.54, 1.807) is 0 Å². The van der Waals surface area contributed by atoms with Gasteiger partial charge in [0.2, 0.25) is 11.8 Å². The van der Waals surface area contributed by atoms with Crippen LogP contribution in [0.15, 0.2) is 4.42 Å². The topological polar surface area (TPSA) is 92.1 Å². The van der Waals surface area contributed by atoms with E-state index < -0.39 is 0 Å². The number of hydrogen-bond donors (Lipinski definition) is 3. The number of hydrogen-bond acceptors (Lipinski definition) is 6. The number of nitrogens with one attached hydrogen (secondary N) is 3. The molecule has 1 aromatic heterocycles. The van der Waals surface area contributed by atoms with Gasteiger partial charge >= 0.3 is 6.01 Å². The number of rotatable bonds is 8. The quantitative estimate of drug-likeness (QED) is 0.674. The second kappa shape index (κ2) is 7.97. The molecule has 0 atom stereocenters. The summed E-state index contributed by atoms with van der Waals surface area (Å²) in [6.45, 7) is 12.0. The summed E-state index contributed by atoms with van der Waals surface area (Å²) in [6.07, 6.45) is 0.380. The van der Waals surface area contributed by atoms with Gasteiger partial charge in [-0.2, -0.15) is 0 Å². The molecule has 1 heterocycles. The maximum atomic E-state index is 11.5. The third-order valence-corrected chi connectivity index (χ3v) is 2.57. The second-order valence-corrected chi connectivity index (χ2v) is 6.48. The van der Waals surface area contributed by atoms with E-state index in [1.807, 2.05) is 0 Å². The van der Waals surface area contributed by atoms with Crippen molar-refractivity contribution in [2.75, 3.05) is 18.4 Å². The minimum absolute atomic E-state index is 0.00341. The number of anilines is 1. The van der Waals surface area contributed by atoms with Crippen LogP contribution in [0.1, 0.15) is 46.9 Å². The van der Waals surface area contributed by atoms with Gasteiger partial charge in [0.25, 0.3) is 0 Å². The average molecular weight is 297 g/mol. The molecule has 0 aliphatic rings. The highest BCUT2D eigenvalue weighted by molar-refractivity contribution is 5.76. The molecule has 0 spiro atoms. The van der Waals surface area contributed by atoms with Crippen molar-refractivity contribution in [3.8, 4) is 0 Å². The third-order valence-electron chi connectivity index (χ3n) is 2.57. The molecule has 120 valence electrons. The van der Waals surface area contributed by atoms with Crippen molar-refractivity contribution >= 4 is 11.9 Å². The monoisotopic (exact) mass is 297 g/mol. The van der Waals surface area contributed by atoms with Gasteiger partial charge in [0.1, 0.15) is 0 Å². The maximum Gasteiger partial charge on any atom is 0.315 e. The zero-order chi connectivity index (χ0) is 15.9. The molecule has 1 rings (SSSR count). The van der Waals surface area contributed by atoms with Gasteiger partial charge in [0, 0.05) is 25.0 Å². The molecular weight excluding hydrogens is 270 g/mol. The van der Waals surface area contributed by atoms with Crippen molar-refractivity contribution in [2.24, 2.45) is 5.92 Å². The van der Waals surface area contributed by atoms with E-state index in [4.69, 9.17) is 4.42 Å². The molecule has 3 N–H and O–H groups in total. The second-order valence-electron chi connectivity index (χ2n) is 6.48. The first-order valence-corrected chi connectivity index (χ1v) is 7.34. The fourth-order valence-corrected chi connectivity index (χ4v) is 1.43. The number of nitrogens with zero attached hydrogens (tertiary/aromatic N) is 2. The molecule has 21 heavy (non-hydrogen) atoms. The van der Waals surface area contributed by atoms with Crippen LogP contribution >= 0.6 is 0 Å². The Morgan fingerprint density at radius 1 is 1.29 bits per heavy atom. The molecule has 1 amide bonds. The highest BCUT2D eigenvalue weighted by Gasteiger charge is 2.12. The van der Waals surface area contributed by atoms with Gasteiger partial charge in [-0.3, -0.25) is 4.79 Å². The van der Waals surface area contributed by atoms with Gasteiger partial charge in [-0.1, -0.05) is 18.9 Å². The van der Waals surface area contributed by atoms with Crippen LogP contribution in [-0.4, -0.2) is 34.7 Å². The molecule has 0 aliphatic heterocycles. The van der Waals surface area contributed by atoms with Gasteiger partial charge in [0.05, 0.1) is 6.54 Å². The van der Waals surface area contributed by atoms with E-state index >= 15 is 0 Å². The lowest BCUT2D eigenvalue weighted by Gasteiger charge is -2.18. The molecule has 0 radical (unpaired) electrons. The van der Waals surface area contributed by atoms with Crippen LogP contribution in [0.25, 0.3) is 0 Å². The smallest absolute Gasteiger partial charge is 0.315 e. The molecule has 7 nitrogen and oxygen atoms in total. The zero-order valence-corrected chi connectivity index (χ0v) is 13.6. The van der Waals surface area contributed by atoms with Gasteiger partial charge in [-0.25, -0.2) is 0 Å². The van der Waals surface area contributed by atoms with Crippen molar-refractivity contribution < 1.29 is 9.21 Å². The molecule has 0 saturated heterocycles. The van der Waals surface area contributed by atoms with Gasteiger partial charge in [-0.05, 0) is 26.7 Å². The Hall–Kier alpha value is -1.63. The summed E-state index contributed by atoms with van der Waals surface area (Å²) in [5, 5.41) is 16.9. The molecule has 0 fully saturated rings. The summed E-state index contributed by atoms with van der Waals surface area (Å²) in [4.78, 5) is 11.5. The lowest BCUT2D eigenvalue weighted by atomic mass is 10.1. The number of amides is 1. The zero-order valence-electron chi connectivity index (χ0n) is 13.6. The van der Waals surface area contributed by atoms with E-state index in [2.05, 4.69) is 60.8 Å². The van der Waals surface area contributed by atoms with Crippen molar-refractivity contribution in [3.05, 3.63) is 5.89 Å². The Kier molecular flexibility index (Phi) is 6.61. The number of carbonyl (C=O) groups excluding carboxylic acids is 1. The summed E-state index contributed by atoms with van der Waals surface area (Å²) in [7, 11) is 0. The van der Waals surface area contributed by atoms with E-state index in [0.29, 0.717) is 43.9 Å². The first-order valence-electron chi connectivity index (χ1n) is 7.34. The molecule has 0 saturated carbocycles. The summed E-state index contributed by atoms with van der Waals surface area (Å²) in [6, 6.07) is 0.345. The average Bonchev–Trinajstić information content (AvgIpc) is 2.81. The lowest BCUT2D eigenvalue weighted by molar-refractivity contribution is -0.120. The molecule has 0 unspecified atom stereocenters. The molecule has 0 aromatic carbocycles. The third kappa shape index (κ3) is 8.29. The van der Waals surface area contributed by atoms with Crippen LogP contribution in [0.2, 0.25) is 0 Å². The van der Waals surface area contributed by atoms with Crippen molar-refractivity contribution in [2.45, 2.75) is 53.1 Å². The summed E-state index contributed by atoms with van der Waals surface area (Å²) in [5.74, 6) is 0.998. The fraction of sp³-hybridized carbons (Fsp3) is 0.786. The van der Waals surface area contributed by atoms with Gasteiger partial charge in [-0.15, -0.1) is 5.10 Å². The lowest BCUT2D eigenvalue weighted by Crippen LogP contribution is -2.35. The van der Waals surface area contributed by atoms with E-state index in [9.17, 15) is 4.79 Å². The summed E-state index contributed by atoms with van der Waals surface area (Å²) >= 11 is 0. The van der Waals surface area contributed by atoms with E-state index in [-0.39, 0.29) is 11.4 Å². The summed E-state index contributed by atoms with van der Waals surface area (Å²) < 4.78 is 5.43. The van der Waals surface area contributed by atoms with Crippen LogP contribution in [0.3, 0.4) is 0 Å². The highest BCUT2D eigenvalue weighted by atomic mass is 16.4. The standard InChI is InChI=1S/C14H27N5O2/c1-10(2)8-16-11(20)6-7-15-13-19-18-12(21-13)9-17-14(3,4)5/h10,17H,6-9H2,1-5H3,(H,15,19)(H,16,20). The Morgan fingerprint density at radius 3 is 2.62 bits per heavy atom. The van der Waals surface area contributed by atoms with Gasteiger partial charge in [0.15, 0.2) is 0 Å². The van der Waals surface area contributed by atoms with Crippen molar-refractivity contribution in [1.29, 1.82) is 0 Å². The number of aromatic nitrogens is 2. The molecule has 1 aromatic rings. The van der Waals surface area contributed by atoms with Gasteiger partial charge < -0.3 is 20.4 Å². The Labute approximate surface area is 126 Å². The largest absolute Gasteiger partial charge is 0.407 e. The molecule has 0 aliphatic carbocycles. The van der Waals surface area contributed by atoms with Crippen LogP contribution in [-0.2, 0) is 11.3 Å². The number of carbonyl (C=O) groups is 1. The molecule has 0 bridgehead atoms. The SMILES string of the molecule is CC(C)CNC(=O)CCNc1nnc(CNC(C)(C)C)o1. The Balaban J connectivity index is 2.24. The molecule has 7 heteroatoms. The predicted octanol–water partition coefficient (Wildman–Crippen LogP) is 1.53. The van der Waals surface area contributed by atoms with E-state index in [0.717, 1.165) is 0 Å². The van der Waals surface area contributed by atoms with Crippen LogP contribution in [0, 0.1) is 5.92 Å². The normalized spacial score (nSPS) is 11.7. The summed E-state index contributed by atoms with van der Waals surface area (Å²) in [5.41, 5.74) is -0.00341. The highest BCUT2D eigenvalue weighted by Crippen LogP contribution is 2.07. The van der Waals surface area contributed by atoms with E-state index in [1.165, 1.54) is 0 Å². The minimum Gasteiger partial charge on any atom is -0.407 e. The molecular formula is C14H27N5O2. The predicted molar refractivity (Wildman–Crippen MR) is 81.8 cm³/mol.